The van der Waals surface area contributed by atoms with Crippen molar-refractivity contribution < 1.29 is 13.9 Å². The summed E-state index contributed by atoms with van der Waals surface area (Å²) < 4.78 is 26.2. The SMILES string of the molecule is C.C/C=C(\c1ccc(F)cc1)c1cnc(N2CCCCC2)nc1.CCC(O)(c1ccc(F)cc1)c1cnc(N2CCCCC2)nc1. The summed E-state index contributed by atoms with van der Waals surface area (Å²) in [7, 11) is 0. The highest BCUT2D eigenvalue weighted by molar-refractivity contribution is 5.79. The van der Waals surface area contributed by atoms with Crippen molar-refractivity contribution in [3.63, 3.8) is 0 Å². The maximum Gasteiger partial charge on any atom is 0.225 e. The first-order chi connectivity index (χ1) is 21.9. The van der Waals surface area contributed by atoms with E-state index in [1.165, 1.54) is 62.8 Å². The quantitative estimate of drug-likeness (QED) is 0.223. The van der Waals surface area contributed by atoms with E-state index in [1.54, 1.807) is 36.7 Å². The molecule has 2 aromatic carbocycles. The van der Waals surface area contributed by atoms with E-state index in [0.717, 1.165) is 48.8 Å². The average molecular weight is 629 g/mol. The molecule has 244 valence electrons. The Morgan fingerprint density at radius 1 is 0.674 bits per heavy atom. The van der Waals surface area contributed by atoms with E-state index in [1.807, 2.05) is 32.3 Å². The number of rotatable bonds is 7. The maximum absolute atomic E-state index is 13.1. The fraction of sp³-hybridized carbons (Fsp3) is 0.405. The van der Waals surface area contributed by atoms with Gasteiger partial charge in [-0.15, -0.1) is 0 Å². The third-order valence-corrected chi connectivity index (χ3v) is 8.62. The fourth-order valence-electron chi connectivity index (χ4n) is 5.94. The number of hydrogen-bond acceptors (Lipinski definition) is 7. The highest BCUT2D eigenvalue weighted by Gasteiger charge is 2.30. The topological polar surface area (TPSA) is 78.3 Å². The lowest BCUT2D eigenvalue weighted by molar-refractivity contribution is 0.0757. The zero-order valence-electron chi connectivity index (χ0n) is 26.2. The first-order valence-electron chi connectivity index (χ1n) is 16.0. The molecule has 0 spiro atoms. The van der Waals surface area contributed by atoms with Crippen molar-refractivity contribution >= 4 is 17.5 Å². The van der Waals surface area contributed by atoms with Gasteiger partial charge in [0.2, 0.25) is 11.9 Å². The van der Waals surface area contributed by atoms with E-state index in [2.05, 4.69) is 29.7 Å². The standard InChI is InChI=1S/C18H22FN3O.C18H20FN3.CH4/c1-2-18(23,14-6-8-16(19)9-7-14)15-12-20-17(21-13-15)22-10-4-3-5-11-22;1-2-17(14-6-8-16(19)9-7-14)15-12-20-18(21-13-15)22-10-4-3-5-11-22;/h6-9,12-13,23H,2-5,10-11H2,1H3;2,6-9,12-13H,3-5,10-11H2,1H3;1H4/b;17-2+;. The van der Waals surface area contributed by atoms with Crippen molar-refractivity contribution in [2.45, 2.75) is 71.8 Å². The molecule has 4 aromatic rings. The molecule has 1 atom stereocenters. The molecule has 2 aromatic heterocycles. The van der Waals surface area contributed by atoms with Gasteiger partial charge in [0.05, 0.1) is 0 Å². The van der Waals surface area contributed by atoms with Crippen LogP contribution in [0.25, 0.3) is 5.57 Å². The molecule has 9 heteroatoms. The summed E-state index contributed by atoms with van der Waals surface area (Å²) in [5.74, 6) is 0.976. The maximum atomic E-state index is 13.1. The first kappa shape index (κ1) is 34.6. The molecule has 0 radical (unpaired) electrons. The van der Waals surface area contributed by atoms with E-state index < -0.39 is 5.60 Å². The predicted molar refractivity (Wildman–Crippen MR) is 182 cm³/mol. The molecule has 0 saturated carbocycles. The zero-order valence-corrected chi connectivity index (χ0v) is 26.2. The van der Waals surface area contributed by atoms with Crippen molar-refractivity contribution in [3.8, 4) is 0 Å². The molecule has 1 unspecified atom stereocenters. The third kappa shape index (κ3) is 8.31. The normalized spacial score (nSPS) is 16.5. The molecule has 2 aliphatic heterocycles. The Labute approximate surface area is 272 Å². The van der Waals surface area contributed by atoms with Crippen molar-refractivity contribution in [1.82, 2.24) is 19.9 Å². The largest absolute Gasteiger partial charge is 0.380 e. The van der Waals surface area contributed by atoms with Crippen molar-refractivity contribution in [2.75, 3.05) is 36.0 Å². The first-order valence-corrected chi connectivity index (χ1v) is 16.0. The lowest BCUT2D eigenvalue weighted by atomic mass is 9.86. The van der Waals surface area contributed by atoms with Crippen LogP contribution in [-0.4, -0.2) is 51.2 Å². The van der Waals surface area contributed by atoms with Gasteiger partial charge < -0.3 is 14.9 Å². The van der Waals surface area contributed by atoms with Gasteiger partial charge in [-0.05, 0) is 92.8 Å². The fourth-order valence-corrected chi connectivity index (χ4v) is 5.94. The third-order valence-electron chi connectivity index (χ3n) is 8.62. The van der Waals surface area contributed by atoms with Crippen LogP contribution in [0.3, 0.4) is 0 Å². The molecular weight excluding hydrogens is 582 g/mol. The number of nitrogens with zero attached hydrogens (tertiary/aromatic N) is 6. The van der Waals surface area contributed by atoms with Crippen LogP contribution in [-0.2, 0) is 5.60 Å². The van der Waals surface area contributed by atoms with Crippen LogP contribution in [0.15, 0.2) is 79.4 Å². The van der Waals surface area contributed by atoms with Gasteiger partial charge in [0.25, 0.3) is 0 Å². The number of piperidine rings is 2. The van der Waals surface area contributed by atoms with Gasteiger partial charge >= 0.3 is 0 Å². The van der Waals surface area contributed by atoms with Crippen LogP contribution in [0.2, 0.25) is 0 Å². The number of aliphatic hydroxyl groups is 1. The van der Waals surface area contributed by atoms with E-state index in [0.29, 0.717) is 23.5 Å². The Morgan fingerprint density at radius 2 is 1.11 bits per heavy atom. The summed E-state index contributed by atoms with van der Waals surface area (Å²) in [6.07, 6.45) is 16.9. The summed E-state index contributed by atoms with van der Waals surface area (Å²) in [6.45, 7) is 7.89. The molecule has 6 rings (SSSR count). The number of aromatic nitrogens is 4. The Morgan fingerprint density at radius 3 is 1.54 bits per heavy atom. The van der Waals surface area contributed by atoms with Crippen LogP contribution in [0.1, 0.15) is 88.5 Å². The number of halogens is 2. The van der Waals surface area contributed by atoms with Gasteiger partial charge in [-0.2, -0.15) is 0 Å². The minimum absolute atomic E-state index is 0. The Hall–Kier alpha value is -4.24. The molecule has 2 saturated heterocycles. The number of benzene rings is 2. The minimum atomic E-state index is -1.20. The summed E-state index contributed by atoms with van der Waals surface area (Å²) in [5, 5.41) is 11.0. The minimum Gasteiger partial charge on any atom is -0.380 e. The Balaban J connectivity index is 0.000000205. The molecule has 2 fully saturated rings. The zero-order chi connectivity index (χ0) is 31.6. The smallest absolute Gasteiger partial charge is 0.225 e. The summed E-state index contributed by atoms with van der Waals surface area (Å²) in [5.41, 5.74) is 3.02. The summed E-state index contributed by atoms with van der Waals surface area (Å²) in [4.78, 5) is 22.3. The van der Waals surface area contributed by atoms with Gasteiger partial charge in [0.15, 0.2) is 0 Å². The van der Waals surface area contributed by atoms with Gasteiger partial charge in [-0.1, -0.05) is 44.7 Å². The summed E-state index contributed by atoms with van der Waals surface area (Å²) in [6, 6.07) is 12.4. The number of allylic oxidation sites excluding steroid dienone is 1. The molecular formula is C37H46F2N6O. The highest BCUT2D eigenvalue weighted by Crippen LogP contribution is 2.33. The van der Waals surface area contributed by atoms with Crippen LogP contribution in [0, 0.1) is 11.6 Å². The Kier molecular flexibility index (Phi) is 12.3. The Bertz CT molecular complexity index is 1520. The molecule has 7 nitrogen and oxygen atoms in total. The van der Waals surface area contributed by atoms with Gasteiger partial charge in [0, 0.05) is 62.1 Å². The second-order valence-corrected chi connectivity index (χ2v) is 11.6. The predicted octanol–water partition coefficient (Wildman–Crippen LogP) is 7.95. The van der Waals surface area contributed by atoms with Crippen LogP contribution >= 0.6 is 0 Å². The lowest BCUT2D eigenvalue weighted by Gasteiger charge is -2.29. The van der Waals surface area contributed by atoms with E-state index in [-0.39, 0.29) is 19.1 Å². The van der Waals surface area contributed by atoms with E-state index in [4.69, 9.17) is 0 Å². The second-order valence-electron chi connectivity index (χ2n) is 11.6. The van der Waals surface area contributed by atoms with Crippen LogP contribution in [0.5, 0.6) is 0 Å². The molecule has 46 heavy (non-hydrogen) atoms. The number of hydrogen-bond donors (Lipinski definition) is 1. The average Bonchev–Trinajstić information content (AvgIpc) is 3.11. The van der Waals surface area contributed by atoms with Crippen LogP contribution in [0.4, 0.5) is 20.7 Å². The summed E-state index contributed by atoms with van der Waals surface area (Å²) >= 11 is 0. The lowest BCUT2D eigenvalue weighted by Crippen LogP contribution is -2.32. The molecule has 1 N–H and O–H groups in total. The molecule has 0 amide bonds. The second kappa shape index (κ2) is 16.4. The van der Waals surface area contributed by atoms with E-state index in [9.17, 15) is 13.9 Å². The van der Waals surface area contributed by atoms with Crippen molar-refractivity contribution in [3.05, 3.63) is 113 Å². The highest BCUT2D eigenvalue weighted by atomic mass is 19.1. The molecule has 4 heterocycles. The van der Waals surface area contributed by atoms with Gasteiger partial charge in [-0.3, -0.25) is 0 Å². The van der Waals surface area contributed by atoms with Crippen LogP contribution < -0.4 is 9.80 Å². The molecule has 0 aliphatic carbocycles. The van der Waals surface area contributed by atoms with E-state index >= 15 is 0 Å². The van der Waals surface area contributed by atoms with Gasteiger partial charge in [0.1, 0.15) is 17.2 Å². The van der Waals surface area contributed by atoms with Crippen molar-refractivity contribution in [2.24, 2.45) is 0 Å². The molecule has 2 aliphatic rings. The monoisotopic (exact) mass is 628 g/mol. The van der Waals surface area contributed by atoms with Crippen molar-refractivity contribution in [1.29, 1.82) is 0 Å². The molecule has 0 bridgehead atoms. The van der Waals surface area contributed by atoms with Gasteiger partial charge in [-0.25, -0.2) is 28.7 Å². The number of anilines is 2.